The van der Waals surface area contributed by atoms with Gasteiger partial charge in [-0.25, -0.2) is 9.48 Å². The minimum absolute atomic E-state index is 0.160. The van der Waals surface area contributed by atoms with Crippen molar-refractivity contribution in [3.63, 3.8) is 0 Å². The molecular formula is C20H23N5O3. The van der Waals surface area contributed by atoms with Crippen LogP contribution in [0.25, 0.3) is 16.8 Å². The van der Waals surface area contributed by atoms with Gasteiger partial charge in [0, 0.05) is 12.7 Å². The number of rotatable bonds is 7. The first-order valence-corrected chi connectivity index (χ1v) is 9.06. The highest BCUT2D eigenvalue weighted by Gasteiger charge is 2.12. The van der Waals surface area contributed by atoms with E-state index >= 15 is 0 Å². The Kier molecular flexibility index (Phi) is 6.33. The summed E-state index contributed by atoms with van der Waals surface area (Å²) in [5.74, 6) is 0.393. The molecule has 0 saturated heterocycles. The fourth-order valence-electron chi connectivity index (χ4n) is 2.64. The Morgan fingerprint density at radius 1 is 1.18 bits per heavy atom. The van der Waals surface area contributed by atoms with E-state index in [-0.39, 0.29) is 6.04 Å². The van der Waals surface area contributed by atoms with Crippen LogP contribution in [0, 0.1) is 6.92 Å². The lowest BCUT2D eigenvalue weighted by Crippen LogP contribution is -2.37. The van der Waals surface area contributed by atoms with Crippen LogP contribution in [0.15, 0.2) is 48.8 Å². The molecule has 0 fully saturated rings. The van der Waals surface area contributed by atoms with Crippen LogP contribution < -0.4 is 10.1 Å². The predicted octanol–water partition coefficient (Wildman–Crippen LogP) is 3.15. The Bertz CT molecular complexity index is 910. The van der Waals surface area contributed by atoms with E-state index in [0.717, 1.165) is 11.1 Å². The molecule has 0 saturated carbocycles. The molecular weight excluding hydrogens is 358 g/mol. The number of amides is 1. The molecule has 0 spiro atoms. The molecule has 1 aromatic heterocycles. The first-order chi connectivity index (χ1) is 13.5. The molecule has 1 N–H and O–H groups in total. The molecule has 0 aliphatic rings. The fraction of sp³-hybridized carbons (Fsp3) is 0.300. The molecule has 1 amide bonds. The maximum absolute atomic E-state index is 12.2. The average Bonchev–Trinajstić information content (AvgIpc) is 3.21. The van der Waals surface area contributed by atoms with Crippen molar-refractivity contribution in [2.45, 2.75) is 26.8 Å². The first kappa shape index (κ1) is 19.5. The van der Waals surface area contributed by atoms with Gasteiger partial charge in [0.2, 0.25) is 0 Å². The summed E-state index contributed by atoms with van der Waals surface area (Å²) in [6, 6.07) is 13.4. The third-order valence-corrected chi connectivity index (χ3v) is 4.04. The van der Waals surface area contributed by atoms with Gasteiger partial charge in [0.05, 0.1) is 18.3 Å². The maximum atomic E-state index is 12.2. The summed E-state index contributed by atoms with van der Waals surface area (Å²) in [6.45, 7) is 6.80. The van der Waals surface area contributed by atoms with Crippen molar-refractivity contribution in [1.82, 2.24) is 25.5 Å². The molecule has 8 heteroatoms. The van der Waals surface area contributed by atoms with Gasteiger partial charge < -0.3 is 14.8 Å². The highest BCUT2D eigenvalue weighted by atomic mass is 16.6. The highest BCUT2D eigenvalue weighted by molar-refractivity contribution is 5.74. The lowest BCUT2D eigenvalue weighted by Gasteiger charge is -2.15. The SMILES string of the molecule is CCOCC(C)NC(=O)Oc1cc(-c2ccc(C)cc2)cc(-n2cnnn2)c1. The molecule has 3 aromatic rings. The Morgan fingerprint density at radius 3 is 2.64 bits per heavy atom. The van der Waals surface area contributed by atoms with Crippen molar-refractivity contribution in [3.05, 3.63) is 54.4 Å². The molecule has 0 bridgehead atoms. The lowest BCUT2D eigenvalue weighted by atomic mass is 10.0. The van der Waals surface area contributed by atoms with E-state index in [1.54, 1.807) is 6.07 Å². The van der Waals surface area contributed by atoms with Crippen molar-refractivity contribution < 1.29 is 14.3 Å². The first-order valence-electron chi connectivity index (χ1n) is 9.06. The summed E-state index contributed by atoms with van der Waals surface area (Å²) in [5, 5.41) is 14.0. The van der Waals surface area contributed by atoms with Crippen LogP contribution in [0.5, 0.6) is 5.75 Å². The van der Waals surface area contributed by atoms with Crippen molar-refractivity contribution in [3.8, 4) is 22.6 Å². The summed E-state index contributed by atoms with van der Waals surface area (Å²) < 4.78 is 12.3. The van der Waals surface area contributed by atoms with Crippen LogP contribution in [0.4, 0.5) is 4.79 Å². The second-order valence-electron chi connectivity index (χ2n) is 6.43. The normalized spacial score (nSPS) is 11.8. The summed E-state index contributed by atoms with van der Waals surface area (Å²) in [6.07, 6.45) is 0.943. The van der Waals surface area contributed by atoms with Crippen LogP contribution in [0.1, 0.15) is 19.4 Å². The van der Waals surface area contributed by atoms with Crippen molar-refractivity contribution in [2.24, 2.45) is 0 Å². The average molecular weight is 381 g/mol. The molecule has 2 aromatic carbocycles. The number of benzene rings is 2. The molecule has 8 nitrogen and oxygen atoms in total. The largest absolute Gasteiger partial charge is 0.412 e. The van der Waals surface area contributed by atoms with Crippen molar-refractivity contribution in [1.29, 1.82) is 0 Å². The second-order valence-corrected chi connectivity index (χ2v) is 6.43. The number of nitrogens with zero attached hydrogens (tertiary/aromatic N) is 4. The van der Waals surface area contributed by atoms with E-state index in [4.69, 9.17) is 9.47 Å². The second kappa shape index (κ2) is 9.09. The van der Waals surface area contributed by atoms with Gasteiger partial charge in [0.15, 0.2) is 0 Å². The molecule has 1 atom stereocenters. The Balaban J connectivity index is 1.85. The van der Waals surface area contributed by atoms with Crippen LogP contribution >= 0.6 is 0 Å². The van der Waals surface area contributed by atoms with Crippen LogP contribution in [-0.2, 0) is 4.74 Å². The van der Waals surface area contributed by atoms with Gasteiger partial charge in [-0.2, -0.15) is 0 Å². The standard InChI is InChI=1S/C20H23N5O3/c1-4-27-12-15(3)22-20(26)28-19-10-17(16-7-5-14(2)6-8-16)9-18(11-19)25-13-21-23-24-25/h5-11,13,15H,4,12H2,1-3H3,(H,22,26). The zero-order chi connectivity index (χ0) is 19.9. The molecule has 0 aliphatic carbocycles. The van der Waals surface area contributed by atoms with Gasteiger partial charge in [-0.1, -0.05) is 29.8 Å². The Labute approximate surface area is 163 Å². The number of nitrogens with one attached hydrogen (secondary N) is 1. The van der Waals surface area contributed by atoms with E-state index in [2.05, 4.69) is 20.8 Å². The van der Waals surface area contributed by atoms with E-state index in [0.29, 0.717) is 24.7 Å². The van der Waals surface area contributed by atoms with Gasteiger partial charge >= 0.3 is 6.09 Å². The molecule has 0 aliphatic heterocycles. The number of ether oxygens (including phenoxy) is 2. The van der Waals surface area contributed by atoms with Crippen LogP contribution in [-0.4, -0.2) is 45.6 Å². The van der Waals surface area contributed by atoms with Crippen molar-refractivity contribution >= 4 is 6.09 Å². The number of tetrazole rings is 1. The zero-order valence-corrected chi connectivity index (χ0v) is 16.1. The van der Waals surface area contributed by atoms with Gasteiger partial charge in [0.25, 0.3) is 0 Å². The minimum atomic E-state index is -0.545. The molecule has 28 heavy (non-hydrogen) atoms. The summed E-state index contributed by atoms with van der Waals surface area (Å²) in [4.78, 5) is 12.2. The van der Waals surface area contributed by atoms with Gasteiger partial charge in [-0.05, 0) is 54.5 Å². The molecule has 1 unspecified atom stereocenters. The number of aromatic nitrogens is 4. The minimum Gasteiger partial charge on any atom is -0.410 e. The van der Waals surface area contributed by atoms with E-state index in [9.17, 15) is 4.79 Å². The summed E-state index contributed by atoms with van der Waals surface area (Å²) in [7, 11) is 0. The molecule has 0 radical (unpaired) electrons. The highest BCUT2D eigenvalue weighted by Crippen LogP contribution is 2.28. The maximum Gasteiger partial charge on any atom is 0.412 e. The predicted molar refractivity (Wildman–Crippen MR) is 104 cm³/mol. The lowest BCUT2D eigenvalue weighted by molar-refractivity contribution is 0.124. The Morgan fingerprint density at radius 2 is 1.96 bits per heavy atom. The topological polar surface area (TPSA) is 91.2 Å². The van der Waals surface area contributed by atoms with E-state index < -0.39 is 6.09 Å². The number of carbonyl (C=O) groups is 1. The number of hydrogen-bond acceptors (Lipinski definition) is 6. The number of aryl methyl sites for hydroxylation is 1. The summed E-state index contributed by atoms with van der Waals surface area (Å²) in [5.41, 5.74) is 3.74. The van der Waals surface area contributed by atoms with Crippen LogP contribution in [0.3, 0.4) is 0 Å². The quantitative estimate of drug-likeness (QED) is 0.676. The molecule has 1 heterocycles. The smallest absolute Gasteiger partial charge is 0.410 e. The number of hydrogen-bond donors (Lipinski definition) is 1. The van der Waals surface area contributed by atoms with Crippen molar-refractivity contribution in [2.75, 3.05) is 13.2 Å². The zero-order valence-electron chi connectivity index (χ0n) is 16.1. The third kappa shape index (κ3) is 5.14. The number of carbonyl (C=O) groups excluding carboxylic acids is 1. The van der Waals surface area contributed by atoms with E-state index in [1.807, 2.05) is 57.2 Å². The fourth-order valence-corrected chi connectivity index (χ4v) is 2.64. The van der Waals surface area contributed by atoms with Gasteiger partial charge in [-0.3, -0.25) is 0 Å². The summed E-state index contributed by atoms with van der Waals surface area (Å²) >= 11 is 0. The monoisotopic (exact) mass is 381 g/mol. The molecule has 3 rings (SSSR count). The molecule has 146 valence electrons. The van der Waals surface area contributed by atoms with Gasteiger partial charge in [-0.15, -0.1) is 5.10 Å². The van der Waals surface area contributed by atoms with Crippen LogP contribution in [0.2, 0.25) is 0 Å². The third-order valence-electron chi connectivity index (χ3n) is 4.04. The Hall–Kier alpha value is -3.26. The van der Waals surface area contributed by atoms with E-state index in [1.165, 1.54) is 16.6 Å². The van der Waals surface area contributed by atoms with Gasteiger partial charge in [0.1, 0.15) is 12.1 Å².